The van der Waals surface area contributed by atoms with Crippen LogP contribution in [0.1, 0.15) is 36.3 Å². The molecule has 5 aromatic carbocycles. The fourth-order valence-corrected chi connectivity index (χ4v) is 11.3. The highest BCUT2D eigenvalue weighted by atomic mass is 31.2. The normalized spacial score (nSPS) is 13.5. The van der Waals surface area contributed by atoms with Crippen LogP contribution in [0.15, 0.2) is 146 Å². The van der Waals surface area contributed by atoms with Crippen molar-refractivity contribution in [1.29, 1.82) is 0 Å². The topological polar surface area (TPSA) is 34.1 Å². The summed E-state index contributed by atoms with van der Waals surface area (Å²) in [6.07, 6.45) is 0. The van der Waals surface area contributed by atoms with Gasteiger partial charge in [0.1, 0.15) is 14.3 Å². The molecule has 0 radical (unpaired) electrons. The summed E-state index contributed by atoms with van der Waals surface area (Å²) in [5, 5.41) is 3.38. The molecule has 0 aliphatic heterocycles. The van der Waals surface area contributed by atoms with E-state index in [1.165, 1.54) is 0 Å². The Morgan fingerprint density at radius 2 is 0.658 bits per heavy atom. The molecule has 0 aliphatic carbocycles. The third-order valence-corrected chi connectivity index (χ3v) is 14.6. The van der Waals surface area contributed by atoms with Crippen LogP contribution in [-0.4, -0.2) is 0 Å². The fraction of sp³-hybridized carbons (Fsp3) is 0.118. The average Bonchev–Trinajstić information content (AvgIpc) is 3.01. The quantitative estimate of drug-likeness (QED) is 0.190. The Labute approximate surface area is 226 Å². The predicted molar refractivity (Wildman–Crippen MR) is 163 cm³/mol. The Morgan fingerprint density at radius 3 is 0.921 bits per heavy atom. The average molecular weight is 535 g/mol. The summed E-state index contributed by atoms with van der Waals surface area (Å²) in [5.74, 6) is 0. The Balaban J connectivity index is 1.61. The number of benzene rings is 5. The van der Waals surface area contributed by atoms with Gasteiger partial charge in [0.25, 0.3) is 0 Å². The lowest BCUT2D eigenvalue weighted by Gasteiger charge is -2.29. The molecule has 0 heterocycles. The molecule has 0 N–H and O–H groups in total. The minimum absolute atomic E-state index is 0.257. The zero-order valence-electron chi connectivity index (χ0n) is 21.7. The first kappa shape index (κ1) is 26.2. The van der Waals surface area contributed by atoms with E-state index in [2.05, 4.69) is 32.0 Å². The molecule has 0 bridgehead atoms. The first-order valence-electron chi connectivity index (χ1n) is 13.0. The maximum atomic E-state index is 15.0. The highest BCUT2D eigenvalue weighted by Crippen LogP contribution is 2.59. The van der Waals surface area contributed by atoms with Gasteiger partial charge in [-0.15, -0.1) is 0 Å². The van der Waals surface area contributed by atoms with Gasteiger partial charge < -0.3 is 9.13 Å². The van der Waals surface area contributed by atoms with E-state index in [1.54, 1.807) is 0 Å². The monoisotopic (exact) mass is 534 g/mol. The van der Waals surface area contributed by atoms with Crippen LogP contribution in [0.25, 0.3) is 0 Å². The van der Waals surface area contributed by atoms with Crippen LogP contribution < -0.4 is 21.2 Å². The van der Waals surface area contributed by atoms with Gasteiger partial charge in [0, 0.05) is 32.5 Å². The van der Waals surface area contributed by atoms with Gasteiger partial charge in [0.2, 0.25) is 0 Å². The molecule has 2 atom stereocenters. The fourth-order valence-electron chi connectivity index (χ4n) is 5.29. The van der Waals surface area contributed by atoms with Gasteiger partial charge in [-0.05, 0) is 11.1 Å². The van der Waals surface area contributed by atoms with E-state index >= 15 is 0 Å². The van der Waals surface area contributed by atoms with Crippen molar-refractivity contribution in [2.75, 3.05) is 0 Å². The Kier molecular flexibility index (Phi) is 7.66. The van der Waals surface area contributed by atoms with E-state index in [9.17, 15) is 9.13 Å². The molecule has 190 valence electrons. The molecule has 0 spiro atoms. The van der Waals surface area contributed by atoms with Gasteiger partial charge in [-0.3, -0.25) is 0 Å². The lowest BCUT2D eigenvalue weighted by atomic mass is 10.1. The van der Waals surface area contributed by atoms with Crippen molar-refractivity contribution in [2.45, 2.75) is 25.2 Å². The van der Waals surface area contributed by atoms with Crippen LogP contribution in [0.4, 0.5) is 0 Å². The number of rotatable bonds is 8. The highest BCUT2D eigenvalue weighted by molar-refractivity contribution is 7.79. The van der Waals surface area contributed by atoms with Crippen LogP contribution in [0.2, 0.25) is 0 Å². The van der Waals surface area contributed by atoms with Crippen molar-refractivity contribution >= 4 is 35.5 Å². The Hall–Kier alpha value is -3.44. The molecule has 38 heavy (non-hydrogen) atoms. The lowest BCUT2D eigenvalue weighted by molar-refractivity contribution is 0.581. The van der Waals surface area contributed by atoms with Gasteiger partial charge >= 0.3 is 0 Å². The highest BCUT2D eigenvalue weighted by Gasteiger charge is 2.37. The summed E-state index contributed by atoms with van der Waals surface area (Å²) in [6, 6.07) is 47.4. The van der Waals surface area contributed by atoms with E-state index in [4.69, 9.17) is 0 Å². The van der Waals surface area contributed by atoms with Crippen molar-refractivity contribution in [3.05, 3.63) is 157 Å². The third kappa shape index (κ3) is 4.76. The summed E-state index contributed by atoms with van der Waals surface area (Å²) in [6.45, 7) is 4.11. The van der Waals surface area contributed by atoms with Gasteiger partial charge in [-0.2, -0.15) is 0 Å². The summed E-state index contributed by atoms with van der Waals surface area (Å²) < 4.78 is 30.0. The minimum atomic E-state index is -3.01. The Bertz CT molecular complexity index is 1380. The Morgan fingerprint density at radius 1 is 0.395 bits per heavy atom. The van der Waals surface area contributed by atoms with Crippen LogP contribution in [0, 0.1) is 0 Å². The SMILES string of the molecule is CC(c1cccc(C(C)P(=O)(c2ccccc2)c2ccccc2)c1)P(=O)(c1ccccc1)c1ccccc1. The first-order chi connectivity index (χ1) is 18.5. The molecule has 2 nitrogen and oxygen atoms in total. The van der Waals surface area contributed by atoms with Crippen molar-refractivity contribution in [3.8, 4) is 0 Å². The maximum absolute atomic E-state index is 15.0. The van der Waals surface area contributed by atoms with Crippen molar-refractivity contribution in [3.63, 3.8) is 0 Å². The van der Waals surface area contributed by atoms with Gasteiger partial charge in [-0.25, -0.2) is 0 Å². The predicted octanol–water partition coefficient (Wildman–Crippen LogP) is 7.84. The second-order valence-corrected chi connectivity index (χ2v) is 15.9. The summed E-state index contributed by atoms with van der Waals surface area (Å²) in [7, 11) is -6.03. The molecular formula is C34H32O2P2. The van der Waals surface area contributed by atoms with Crippen LogP contribution in [-0.2, 0) is 9.13 Å². The summed E-state index contributed by atoms with van der Waals surface area (Å²) in [4.78, 5) is 0. The zero-order chi connectivity index (χ0) is 26.6. The largest absolute Gasteiger partial charge is 0.313 e. The molecule has 0 saturated carbocycles. The maximum Gasteiger partial charge on any atom is 0.150 e. The minimum Gasteiger partial charge on any atom is -0.313 e. The second-order valence-electron chi connectivity index (χ2n) is 9.68. The van der Waals surface area contributed by atoms with Crippen LogP contribution in [0.5, 0.6) is 0 Å². The summed E-state index contributed by atoms with van der Waals surface area (Å²) >= 11 is 0. The van der Waals surface area contributed by atoms with E-state index in [0.29, 0.717) is 0 Å². The van der Waals surface area contributed by atoms with E-state index in [-0.39, 0.29) is 11.3 Å². The molecule has 0 saturated heterocycles. The van der Waals surface area contributed by atoms with Gasteiger partial charge in [0.05, 0.1) is 0 Å². The molecule has 0 aromatic heterocycles. The molecule has 0 amide bonds. The van der Waals surface area contributed by atoms with E-state index in [1.807, 2.05) is 127 Å². The molecule has 5 aromatic rings. The molecule has 4 heteroatoms. The molecular weight excluding hydrogens is 502 g/mol. The van der Waals surface area contributed by atoms with E-state index in [0.717, 1.165) is 32.3 Å². The lowest BCUT2D eigenvalue weighted by Crippen LogP contribution is -2.21. The van der Waals surface area contributed by atoms with Crippen LogP contribution >= 0.6 is 14.3 Å². The van der Waals surface area contributed by atoms with Crippen molar-refractivity contribution in [2.24, 2.45) is 0 Å². The smallest absolute Gasteiger partial charge is 0.150 e. The van der Waals surface area contributed by atoms with Gasteiger partial charge in [0.15, 0.2) is 0 Å². The number of hydrogen-bond donors (Lipinski definition) is 0. The van der Waals surface area contributed by atoms with Crippen LogP contribution in [0.3, 0.4) is 0 Å². The first-order valence-corrected chi connectivity index (χ1v) is 16.5. The number of hydrogen-bond acceptors (Lipinski definition) is 2. The van der Waals surface area contributed by atoms with E-state index < -0.39 is 14.3 Å². The molecule has 0 aliphatic rings. The summed E-state index contributed by atoms with van der Waals surface area (Å²) in [5.41, 5.74) is 1.45. The molecule has 0 fully saturated rings. The second kappa shape index (κ2) is 11.1. The molecule has 5 rings (SSSR count). The third-order valence-electron chi connectivity index (χ3n) is 7.53. The zero-order valence-corrected chi connectivity index (χ0v) is 23.5. The van der Waals surface area contributed by atoms with Crippen molar-refractivity contribution in [1.82, 2.24) is 0 Å². The van der Waals surface area contributed by atoms with Gasteiger partial charge in [-0.1, -0.05) is 159 Å². The van der Waals surface area contributed by atoms with Crippen molar-refractivity contribution < 1.29 is 9.13 Å². The molecule has 2 unspecified atom stereocenters. The standard InChI is InChI=1S/C34H32O2P2/c1-27(37(35,31-18-7-3-8-19-31)32-20-9-4-10-21-32)29-16-15-17-30(26-29)28(2)38(36,33-22-11-5-12-23-33)34-24-13-6-14-25-34/h3-28H,1-2H3.